The fourth-order valence-electron chi connectivity index (χ4n) is 3.27. The van der Waals surface area contributed by atoms with E-state index in [1.807, 2.05) is 20.2 Å². The van der Waals surface area contributed by atoms with Gasteiger partial charge in [0, 0.05) is 26.2 Å². The SMILES string of the molecule is Cc1nc(NC[C@@H](C)N2CCC[C@@H](C)C2)c2cnn(C)c2n1. The minimum absolute atomic E-state index is 0.504. The lowest BCUT2D eigenvalue weighted by Crippen LogP contribution is -2.43. The van der Waals surface area contributed by atoms with Crippen molar-refractivity contribution >= 4 is 16.9 Å². The number of rotatable bonds is 4. The lowest BCUT2D eigenvalue weighted by molar-refractivity contribution is 0.144. The normalized spacial score (nSPS) is 21.2. The molecule has 0 spiro atoms. The van der Waals surface area contributed by atoms with Gasteiger partial charge in [0.2, 0.25) is 0 Å². The maximum absolute atomic E-state index is 4.55. The Hall–Kier alpha value is -1.69. The molecular formula is C16H26N6. The van der Waals surface area contributed by atoms with Gasteiger partial charge in [0.05, 0.1) is 11.6 Å². The molecule has 0 saturated carbocycles. The number of nitrogens with one attached hydrogen (secondary N) is 1. The summed E-state index contributed by atoms with van der Waals surface area (Å²) in [5.41, 5.74) is 0.884. The highest BCUT2D eigenvalue weighted by Gasteiger charge is 2.21. The van der Waals surface area contributed by atoms with E-state index in [9.17, 15) is 0 Å². The number of aryl methyl sites for hydroxylation is 2. The number of hydrogen-bond donors (Lipinski definition) is 1. The summed E-state index contributed by atoms with van der Waals surface area (Å²) in [4.78, 5) is 11.6. The van der Waals surface area contributed by atoms with E-state index < -0.39 is 0 Å². The summed E-state index contributed by atoms with van der Waals surface area (Å²) in [5.74, 6) is 2.48. The van der Waals surface area contributed by atoms with Crippen molar-refractivity contribution in [2.75, 3.05) is 25.0 Å². The number of aromatic nitrogens is 4. The molecule has 1 fully saturated rings. The molecule has 0 aliphatic carbocycles. The summed E-state index contributed by atoms with van der Waals surface area (Å²) in [7, 11) is 1.91. The molecule has 1 aliphatic heterocycles. The molecule has 3 heterocycles. The molecule has 22 heavy (non-hydrogen) atoms. The molecule has 0 unspecified atom stereocenters. The third-order valence-electron chi connectivity index (χ3n) is 4.58. The van der Waals surface area contributed by atoms with Gasteiger partial charge in [0.1, 0.15) is 11.6 Å². The summed E-state index contributed by atoms with van der Waals surface area (Å²) >= 11 is 0. The van der Waals surface area contributed by atoms with Crippen molar-refractivity contribution in [2.45, 2.75) is 39.7 Å². The van der Waals surface area contributed by atoms with Crippen molar-refractivity contribution in [1.82, 2.24) is 24.6 Å². The maximum Gasteiger partial charge on any atom is 0.163 e. The molecule has 0 radical (unpaired) electrons. The van der Waals surface area contributed by atoms with Crippen molar-refractivity contribution in [1.29, 1.82) is 0 Å². The Bertz CT molecular complexity index is 649. The van der Waals surface area contributed by atoms with Gasteiger partial charge in [-0.2, -0.15) is 5.10 Å². The monoisotopic (exact) mass is 302 g/mol. The minimum atomic E-state index is 0.504. The van der Waals surface area contributed by atoms with Crippen LogP contribution >= 0.6 is 0 Å². The molecule has 2 aromatic rings. The van der Waals surface area contributed by atoms with Gasteiger partial charge in [-0.15, -0.1) is 0 Å². The molecule has 1 saturated heterocycles. The van der Waals surface area contributed by atoms with Crippen LogP contribution in [0.3, 0.4) is 0 Å². The zero-order chi connectivity index (χ0) is 15.7. The van der Waals surface area contributed by atoms with Gasteiger partial charge in [0.25, 0.3) is 0 Å². The quantitative estimate of drug-likeness (QED) is 0.938. The zero-order valence-electron chi connectivity index (χ0n) is 14.0. The van der Waals surface area contributed by atoms with Gasteiger partial charge in [-0.25, -0.2) is 9.97 Å². The molecule has 0 amide bonds. The lowest BCUT2D eigenvalue weighted by atomic mass is 9.99. The number of anilines is 1. The summed E-state index contributed by atoms with van der Waals surface area (Å²) < 4.78 is 1.80. The largest absolute Gasteiger partial charge is 0.368 e. The van der Waals surface area contributed by atoms with Crippen LogP contribution in [-0.2, 0) is 7.05 Å². The van der Waals surface area contributed by atoms with E-state index in [1.165, 1.54) is 25.9 Å². The molecule has 3 rings (SSSR count). The van der Waals surface area contributed by atoms with Crippen molar-refractivity contribution in [3.05, 3.63) is 12.0 Å². The van der Waals surface area contributed by atoms with Crippen LogP contribution in [0.15, 0.2) is 6.20 Å². The molecular weight excluding hydrogens is 276 g/mol. The second-order valence-electron chi connectivity index (χ2n) is 6.60. The number of hydrogen-bond acceptors (Lipinski definition) is 5. The van der Waals surface area contributed by atoms with Gasteiger partial charge in [-0.05, 0) is 39.2 Å². The fourth-order valence-corrected chi connectivity index (χ4v) is 3.27. The van der Waals surface area contributed by atoms with Crippen LogP contribution < -0.4 is 5.32 Å². The maximum atomic E-state index is 4.55. The van der Waals surface area contributed by atoms with Crippen LogP contribution in [0, 0.1) is 12.8 Å². The first-order valence-electron chi connectivity index (χ1n) is 8.19. The zero-order valence-corrected chi connectivity index (χ0v) is 14.0. The van der Waals surface area contributed by atoms with E-state index in [4.69, 9.17) is 0 Å². The van der Waals surface area contributed by atoms with Gasteiger partial charge >= 0.3 is 0 Å². The standard InChI is InChI=1S/C16H26N6/c1-11-6-5-7-22(10-11)12(2)8-17-15-14-9-18-21(4)16(14)20-13(3)19-15/h9,11-12H,5-8,10H2,1-4H3,(H,17,19,20)/t11-,12-/m1/s1. The van der Waals surface area contributed by atoms with E-state index in [1.54, 1.807) is 4.68 Å². The molecule has 0 aromatic carbocycles. The number of likely N-dealkylation sites (tertiary alicyclic amines) is 1. The van der Waals surface area contributed by atoms with Crippen molar-refractivity contribution < 1.29 is 0 Å². The Morgan fingerprint density at radius 3 is 3.00 bits per heavy atom. The first-order valence-corrected chi connectivity index (χ1v) is 8.19. The summed E-state index contributed by atoms with van der Waals surface area (Å²) in [5, 5.41) is 8.79. The number of fused-ring (bicyclic) bond motifs is 1. The fraction of sp³-hybridized carbons (Fsp3) is 0.688. The Balaban J connectivity index is 1.71. The minimum Gasteiger partial charge on any atom is -0.368 e. The molecule has 1 N–H and O–H groups in total. The van der Waals surface area contributed by atoms with Gasteiger partial charge < -0.3 is 5.32 Å². The predicted octanol–water partition coefficient (Wildman–Crippen LogP) is 2.20. The topological polar surface area (TPSA) is 58.9 Å². The summed E-state index contributed by atoms with van der Waals surface area (Å²) in [6.07, 6.45) is 4.51. The average molecular weight is 302 g/mol. The average Bonchev–Trinajstić information content (AvgIpc) is 2.86. The van der Waals surface area contributed by atoms with E-state index in [0.717, 1.165) is 35.1 Å². The van der Waals surface area contributed by atoms with Crippen LogP contribution in [0.2, 0.25) is 0 Å². The predicted molar refractivity (Wildman–Crippen MR) is 89.0 cm³/mol. The van der Waals surface area contributed by atoms with E-state index in [-0.39, 0.29) is 0 Å². The highest BCUT2D eigenvalue weighted by atomic mass is 15.3. The van der Waals surface area contributed by atoms with Crippen molar-refractivity contribution in [3.8, 4) is 0 Å². The van der Waals surface area contributed by atoms with Crippen molar-refractivity contribution in [3.63, 3.8) is 0 Å². The van der Waals surface area contributed by atoms with E-state index in [2.05, 4.69) is 39.1 Å². The van der Waals surface area contributed by atoms with Crippen LogP contribution in [-0.4, -0.2) is 50.3 Å². The number of piperidine rings is 1. The molecule has 1 aliphatic rings. The second kappa shape index (κ2) is 6.20. The summed E-state index contributed by atoms with van der Waals surface area (Å²) in [6.45, 7) is 9.87. The molecule has 6 nitrogen and oxygen atoms in total. The Morgan fingerprint density at radius 2 is 2.23 bits per heavy atom. The highest BCUT2D eigenvalue weighted by molar-refractivity contribution is 5.86. The van der Waals surface area contributed by atoms with E-state index in [0.29, 0.717) is 6.04 Å². The van der Waals surface area contributed by atoms with E-state index >= 15 is 0 Å². The third-order valence-corrected chi connectivity index (χ3v) is 4.58. The van der Waals surface area contributed by atoms with Gasteiger partial charge in [-0.1, -0.05) is 6.92 Å². The third kappa shape index (κ3) is 3.06. The van der Waals surface area contributed by atoms with Crippen LogP contribution in [0.4, 0.5) is 5.82 Å². The molecule has 6 heteroatoms. The lowest BCUT2D eigenvalue weighted by Gasteiger charge is -2.35. The molecule has 0 bridgehead atoms. The summed E-state index contributed by atoms with van der Waals surface area (Å²) in [6, 6.07) is 0.504. The first-order chi connectivity index (χ1) is 10.5. The Labute approximate surface area is 131 Å². The van der Waals surface area contributed by atoms with Crippen LogP contribution in [0.25, 0.3) is 11.0 Å². The smallest absolute Gasteiger partial charge is 0.163 e. The number of nitrogens with zero attached hydrogens (tertiary/aromatic N) is 5. The highest BCUT2D eigenvalue weighted by Crippen LogP contribution is 2.21. The molecule has 2 aromatic heterocycles. The van der Waals surface area contributed by atoms with Gasteiger partial charge in [-0.3, -0.25) is 9.58 Å². The Morgan fingerprint density at radius 1 is 1.41 bits per heavy atom. The molecule has 120 valence electrons. The molecule has 2 atom stereocenters. The van der Waals surface area contributed by atoms with Gasteiger partial charge in [0.15, 0.2) is 5.65 Å². The second-order valence-corrected chi connectivity index (χ2v) is 6.60. The van der Waals surface area contributed by atoms with Crippen LogP contribution in [0.5, 0.6) is 0 Å². The first kappa shape index (κ1) is 15.2. The van der Waals surface area contributed by atoms with Crippen molar-refractivity contribution in [2.24, 2.45) is 13.0 Å². The van der Waals surface area contributed by atoms with Crippen LogP contribution in [0.1, 0.15) is 32.5 Å². The Kier molecular flexibility index (Phi) is 4.29.